The van der Waals surface area contributed by atoms with Crippen LogP contribution in [0.5, 0.6) is 0 Å². The SMILES string of the molecule is Cc1cc(C(=O)N2CCNCC2c2nccn2C)ccc1Cl.Cl. The van der Waals surface area contributed by atoms with E-state index in [-0.39, 0.29) is 24.4 Å². The van der Waals surface area contributed by atoms with E-state index >= 15 is 0 Å². The fourth-order valence-electron chi connectivity index (χ4n) is 2.82. The van der Waals surface area contributed by atoms with Crippen molar-refractivity contribution in [2.24, 2.45) is 7.05 Å². The second-order valence-electron chi connectivity index (χ2n) is 5.58. The third kappa shape index (κ3) is 3.52. The van der Waals surface area contributed by atoms with Gasteiger partial charge in [-0.05, 0) is 30.7 Å². The molecule has 1 fully saturated rings. The Morgan fingerprint density at radius 3 is 2.87 bits per heavy atom. The lowest BCUT2D eigenvalue weighted by Gasteiger charge is -2.35. The Morgan fingerprint density at radius 1 is 1.43 bits per heavy atom. The van der Waals surface area contributed by atoms with Crippen LogP contribution in [0, 0.1) is 6.92 Å². The van der Waals surface area contributed by atoms with Gasteiger partial charge in [0.15, 0.2) is 0 Å². The predicted molar refractivity (Wildman–Crippen MR) is 93.3 cm³/mol. The molecule has 0 bridgehead atoms. The van der Waals surface area contributed by atoms with Crippen LogP contribution >= 0.6 is 24.0 Å². The number of hydrogen-bond donors (Lipinski definition) is 1. The number of nitrogens with one attached hydrogen (secondary N) is 1. The van der Waals surface area contributed by atoms with Gasteiger partial charge in [0.05, 0.1) is 0 Å². The number of nitrogens with zero attached hydrogens (tertiary/aromatic N) is 3. The molecule has 2 heterocycles. The molecule has 0 saturated carbocycles. The predicted octanol–water partition coefficient (Wildman–Crippen LogP) is 2.59. The number of carbonyl (C=O) groups is 1. The van der Waals surface area contributed by atoms with Gasteiger partial charge in [0.25, 0.3) is 5.91 Å². The lowest BCUT2D eigenvalue weighted by molar-refractivity contribution is 0.0621. The highest BCUT2D eigenvalue weighted by atomic mass is 35.5. The number of carbonyl (C=O) groups excluding carboxylic acids is 1. The van der Waals surface area contributed by atoms with Crippen LogP contribution in [-0.2, 0) is 7.05 Å². The van der Waals surface area contributed by atoms with Gasteiger partial charge in [-0.3, -0.25) is 4.79 Å². The first-order chi connectivity index (χ1) is 10.6. The monoisotopic (exact) mass is 354 g/mol. The van der Waals surface area contributed by atoms with Crippen molar-refractivity contribution in [1.29, 1.82) is 0 Å². The zero-order valence-corrected chi connectivity index (χ0v) is 14.7. The van der Waals surface area contributed by atoms with Crippen LogP contribution in [0.15, 0.2) is 30.6 Å². The highest BCUT2D eigenvalue weighted by Gasteiger charge is 2.31. The van der Waals surface area contributed by atoms with Crippen LogP contribution in [0.4, 0.5) is 0 Å². The first-order valence-electron chi connectivity index (χ1n) is 7.33. The van der Waals surface area contributed by atoms with E-state index in [0.717, 1.165) is 17.9 Å². The maximum absolute atomic E-state index is 12.9. The summed E-state index contributed by atoms with van der Waals surface area (Å²) in [6, 6.07) is 5.36. The molecule has 5 nitrogen and oxygen atoms in total. The smallest absolute Gasteiger partial charge is 0.254 e. The normalized spacial score (nSPS) is 17.7. The van der Waals surface area contributed by atoms with E-state index in [1.54, 1.807) is 18.3 Å². The number of halogens is 2. The van der Waals surface area contributed by atoms with Crippen LogP contribution in [-0.4, -0.2) is 40.0 Å². The summed E-state index contributed by atoms with van der Waals surface area (Å²) in [6.07, 6.45) is 3.66. The minimum Gasteiger partial charge on any atom is -0.336 e. The molecule has 1 aromatic carbocycles. The topological polar surface area (TPSA) is 50.2 Å². The molecule has 2 aromatic rings. The van der Waals surface area contributed by atoms with Crippen molar-refractivity contribution in [3.8, 4) is 0 Å². The Morgan fingerprint density at radius 2 is 2.22 bits per heavy atom. The Hall–Kier alpha value is -1.56. The van der Waals surface area contributed by atoms with Gasteiger partial charge in [-0.25, -0.2) is 4.98 Å². The summed E-state index contributed by atoms with van der Waals surface area (Å²) >= 11 is 6.05. The van der Waals surface area contributed by atoms with Gasteiger partial charge in [-0.1, -0.05) is 11.6 Å². The minimum absolute atomic E-state index is 0. The Kier molecular flexibility index (Phi) is 5.68. The zero-order chi connectivity index (χ0) is 15.7. The fourth-order valence-corrected chi connectivity index (χ4v) is 2.94. The lowest BCUT2D eigenvalue weighted by Crippen LogP contribution is -2.49. The van der Waals surface area contributed by atoms with Gasteiger partial charge in [0.2, 0.25) is 0 Å². The quantitative estimate of drug-likeness (QED) is 0.901. The van der Waals surface area contributed by atoms with Crippen molar-refractivity contribution >= 4 is 29.9 Å². The van der Waals surface area contributed by atoms with E-state index in [1.165, 1.54) is 0 Å². The summed E-state index contributed by atoms with van der Waals surface area (Å²) < 4.78 is 1.96. The molecule has 1 aliphatic rings. The number of aryl methyl sites for hydroxylation is 2. The summed E-state index contributed by atoms with van der Waals surface area (Å²) in [5.74, 6) is 0.917. The van der Waals surface area contributed by atoms with Gasteiger partial charge < -0.3 is 14.8 Å². The Balaban J connectivity index is 0.00000192. The van der Waals surface area contributed by atoms with Crippen LogP contribution in [0.3, 0.4) is 0 Å². The summed E-state index contributed by atoms with van der Waals surface area (Å²) in [5, 5.41) is 4.02. The number of rotatable bonds is 2. The van der Waals surface area contributed by atoms with Crippen molar-refractivity contribution in [2.75, 3.05) is 19.6 Å². The summed E-state index contributed by atoms with van der Waals surface area (Å²) in [5.41, 5.74) is 1.58. The first-order valence-corrected chi connectivity index (χ1v) is 7.71. The first kappa shape index (κ1) is 17.8. The van der Waals surface area contributed by atoms with Crippen LogP contribution in [0.25, 0.3) is 0 Å². The average molecular weight is 355 g/mol. The summed E-state index contributed by atoms with van der Waals surface area (Å²) in [4.78, 5) is 19.2. The van der Waals surface area contributed by atoms with Crippen molar-refractivity contribution in [3.05, 3.63) is 52.6 Å². The minimum atomic E-state index is -0.0581. The van der Waals surface area contributed by atoms with Gasteiger partial charge in [-0.2, -0.15) is 0 Å². The van der Waals surface area contributed by atoms with E-state index in [9.17, 15) is 4.79 Å². The molecule has 1 saturated heterocycles. The number of imidazole rings is 1. The molecule has 0 radical (unpaired) electrons. The number of piperazine rings is 1. The fraction of sp³-hybridized carbons (Fsp3) is 0.375. The third-order valence-corrected chi connectivity index (χ3v) is 4.49. The van der Waals surface area contributed by atoms with Crippen LogP contribution in [0.2, 0.25) is 5.02 Å². The van der Waals surface area contributed by atoms with Crippen molar-refractivity contribution in [1.82, 2.24) is 19.8 Å². The Bertz CT molecular complexity index is 701. The average Bonchev–Trinajstić information content (AvgIpc) is 2.95. The maximum atomic E-state index is 12.9. The molecular weight excluding hydrogens is 335 g/mol. The maximum Gasteiger partial charge on any atom is 0.254 e. The van der Waals surface area contributed by atoms with E-state index in [2.05, 4.69) is 10.3 Å². The highest BCUT2D eigenvalue weighted by molar-refractivity contribution is 6.31. The molecule has 1 aromatic heterocycles. The summed E-state index contributed by atoms with van der Waals surface area (Å²) in [7, 11) is 1.95. The lowest BCUT2D eigenvalue weighted by atomic mass is 10.1. The second kappa shape index (κ2) is 7.34. The van der Waals surface area contributed by atoms with E-state index in [1.807, 2.05) is 35.7 Å². The molecule has 1 unspecified atom stereocenters. The van der Waals surface area contributed by atoms with Gasteiger partial charge in [-0.15, -0.1) is 12.4 Å². The van der Waals surface area contributed by atoms with Gasteiger partial charge in [0.1, 0.15) is 11.9 Å². The van der Waals surface area contributed by atoms with Gasteiger partial charge in [0, 0.05) is 49.7 Å². The molecule has 1 aliphatic heterocycles. The molecule has 0 aliphatic carbocycles. The van der Waals surface area contributed by atoms with E-state index < -0.39 is 0 Å². The number of amides is 1. The summed E-state index contributed by atoms with van der Waals surface area (Å²) in [6.45, 7) is 4.08. The molecule has 3 rings (SSSR count). The molecule has 7 heteroatoms. The standard InChI is InChI=1S/C16H19ClN4O.ClH/c1-11-9-12(3-4-13(11)17)16(22)21-8-5-18-10-14(21)15-19-6-7-20(15)2;/h3-4,6-7,9,14,18H,5,8,10H2,1-2H3;1H. The molecule has 0 spiro atoms. The number of benzene rings is 1. The molecule has 23 heavy (non-hydrogen) atoms. The third-order valence-electron chi connectivity index (χ3n) is 4.07. The van der Waals surface area contributed by atoms with Crippen LogP contribution in [0.1, 0.15) is 27.8 Å². The van der Waals surface area contributed by atoms with Crippen molar-refractivity contribution in [2.45, 2.75) is 13.0 Å². The van der Waals surface area contributed by atoms with Crippen LogP contribution < -0.4 is 5.32 Å². The van der Waals surface area contributed by atoms with E-state index in [4.69, 9.17) is 11.6 Å². The zero-order valence-electron chi connectivity index (χ0n) is 13.1. The molecule has 124 valence electrons. The highest BCUT2D eigenvalue weighted by Crippen LogP contribution is 2.24. The van der Waals surface area contributed by atoms with Gasteiger partial charge >= 0.3 is 0 Å². The Labute approximate surface area is 147 Å². The van der Waals surface area contributed by atoms with Crippen molar-refractivity contribution < 1.29 is 4.79 Å². The largest absolute Gasteiger partial charge is 0.336 e. The van der Waals surface area contributed by atoms with E-state index in [0.29, 0.717) is 23.7 Å². The second-order valence-corrected chi connectivity index (χ2v) is 5.99. The molecule has 1 atom stereocenters. The van der Waals surface area contributed by atoms with Crippen molar-refractivity contribution in [3.63, 3.8) is 0 Å². The molecule has 1 amide bonds. The number of aromatic nitrogens is 2. The number of hydrogen-bond acceptors (Lipinski definition) is 3. The molecular formula is C16H20Cl2N4O. The molecule has 1 N–H and O–H groups in total.